The summed E-state index contributed by atoms with van der Waals surface area (Å²) >= 11 is 0. The number of aryl methyl sites for hydroxylation is 1. The van der Waals surface area contributed by atoms with Gasteiger partial charge in [0.1, 0.15) is 11.4 Å². The second kappa shape index (κ2) is 5.23. The van der Waals surface area contributed by atoms with Gasteiger partial charge in [0.15, 0.2) is 0 Å². The highest BCUT2D eigenvalue weighted by molar-refractivity contribution is 5.67. The van der Waals surface area contributed by atoms with Gasteiger partial charge in [-0.3, -0.25) is 0 Å². The molecule has 2 rings (SSSR count). The maximum absolute atomic E-state index is 11.6. The Morgan fingerprint density at radius 2 is 2.05 bits per heavy atom. The van der Waals surface area contributed by atoms with Crippen LogP contribution < -0.4 is 5.32 Å². The van der Waals surface area contributed by atoms with Gasteiger partial charge in [-0.2, -0.15) is 0 Å². The highest BCUT2D eigenvalue weighted by Crippen LogP contribution is 2.21. The Morgan fingerprint density at radius 1 is 1.37 bits per heavy atom. The molecule has 0 aromatic carbocycles. The van der Waals surface area contributed by atoms with Crippen LogP contribution in [0.3, 0.4) is 0 Å². The average Bonchev–Trinajstić information content (AvgIpc) is 2.62. The van der Waals surface area contributed by atoms with Gasteiger partial charge in [0.2, 0.25) is 0 Å². The standard InChI is InChI=1S/C14H23N3O2/c1-14(2,3)19-13(18)15-9-12-16-10-7-5-6-8-11(10)17(12)4/h5-9H2,1-4H3,(H,15,18). The molecule has 0 saturated carbocycles. The second-order valence-electron chi connectivity index (χ2n) is 6.04. The van der Waals surface area contributed by atoms with Gasteiger partial charge in [-0.1, -0.05) is 0 Å². The zero-order valence-electron chi connectivity index (χ0n) is 12.2. The number of rotatable bonds is 2. The minimum absolute atomic E-state index is 0.395. The number of hydrogen-bond donors (Lipinski definition) is 1. The van der Waals surface area contributed by atoms with E-state index in [0.29, 0.717) is 6.54 Å². The summed E-state index contributed by atoms with van der Waals surface area (Å²) in [5.41, 5.74) is 2.03. The summed E-state index contributed by atoms with van der Waals surface area (Å²) < 4.78 is 7.32. The molecule has 1 aromatic rings. The Morgan fingerprint density at radius 3 is 2.68 bits per heavy atom. The molecule has 19 heavy (non-hydrogen) atoms. The van der Waals surface area contributed by atoms with Crippen molar-refractivity contribution in [1.82, 2.24) is 14.9 Å². The van der Waals surface area contributed by atoms with Crippen molar-refractivity contribution in [2.24, 2.45) is 7.05 Å². The van der Waals surface area contributed by atoms with Gasteiger partial charge in [-0.15, -0.1) is 0 Å². The van der Waals surface area contributed by atoms with Gasteiger partial charge in [0.25, 0.3) is 0 Å². The monoisotopic (exact) mass is 265 g/mol. The maximum atomic E-state index is 11.6. The summed E-state index contributed by atoms with van der Waals surface area (Å²) in [6.07, 6.45) is 4.18. The topological polar surface area (TPSA) is 56.2 Å². The van der Waals surface area contributed by atoms with Gasteiger partial charge in [-0.25, -0.2) is 9.78 Å². The average molecular weight is 265 g/mol. The number of hydrogen-bond acceptors (Lipinski definition) is 3. The summed E-state index contributed by atoms with van der Waals surface area (Å²) in [6, 6.07) is 0. The molecule has 0 atom stereocenters. The van der Waals surface area contributed by atoms with E-state index >= 15 is 0 Å². The number of alkyl carbamates (subject to hydrolysis) is 1. The third kappa shape index (κ3) is 3.49. The molecule has 0 aliphatic heterocycles. The first kappa shape index (κ1) is 13.9. The second-order valence-corrected chi connectivity index (χ2v) is 6.04. The van der Waals surface area contributed by atoms with Crippen LogP contribution in [0.15, 0.2) is 0 Å². The van der Waals surface area contributed by atoms with Crippen molar-refractivity contribution >= 4 is 6.09 Å². The molecule has 0 radical (unpaired) electrons. The van der Waals surface area contributed by atoms with Gasteiger partial charge in [0.05, 0.1) is 12.2 Å². The zero-order chi connectivity index (χ0) is 14.0. The smallest absolute Gasteiger partial charge is 0.408 e. The first-order valence-corrected chi connectivity index (χ1v) is 6.87. The zero-order valence-corrected chi connectivity index (χ0v) is 12.2. The van der Waals surface area contributed by atoms with E-state index < -0.39 is 11.7 Å². The summed E-state index contributed by atoms with van der Waals surface area (Å²) in [5.74, 6) is 0.901. The lowest BCUT2D eigenvalue weighted by molar-refractivity contribution is 0.0522. The van der Waals surface area contributed by atoms with E-state index in [4.69, 9.17) is 4.74 Å². The summed E-state index contributed by atoms with van der Waals surface area (Å²) in [6.45, 7) is 5.97. The fraction of sp³-hybridized carbons (Fsp3) is 0.714. The largest absolute Gasteiger partial charge is 0.444 e. The van der Waals surface area contributed by atoms with Crippen LogP contribution >= 0.6 is 0 Å². The van der Waals surface area contributed by atoms with Crippen molar-refractivity contribution in [3.63, 3.8) is 0 Å². The van der Waals surface area contributed by atoms with Crippen molar-refractivity contribution < 1.29 is 9.53 Å². The van der Waals surface area contributed by atoms with E-state index in [2.05, 4.69) is 14.9 Å². The molecule has 106 valence electrons. The van der Waals surface area contributed by atoms with Gasteiger partial charge >= 0.3 is 6.09 Å². The molecule has 0 fully saturated rings. The Labute approximate surface area is 114 Å². The molecule has 5 nitrogen and oxygen atoms in total. The van der Waals surface area contributed by atoms with Crippen molar-refractivity contribution in [2.75, 3.05) is 0 Å². The van der Waals surface area contributed by atoms with Crippen LogP contribution in [-0.2, 0) is 31.2 Å². The van der Waals surface area contributed by atoms with Gasteiger partial charge in [-0.05, 0) is 46.5 Å². The van der Waals surface area contributed by atoms with Crippen molar-refractivity contribution in [1.29, 1.82) is 0 Å². The lowest BCUT2D eigenvalue weighted by atomic mass is 10.0. The van der Waals surface area contributed by atoms with E-state index in [-0.39, 0.29) is 0 Å². The molecule has 1 amide bonds. The predicted molar refractivity (Wildman–Crippen MR) is 72.9 cm³/mol. The molecule has 0 unspecified atom stereocenters. The highest BCUT2D eigenvalue weighted by Gasteiger charge is 2.19. The maximum Gasteiger partial charge on any atom is 0.408 e. The summed E-state index contributed by atoms with van der Waals surface area (Å²) in [7, 11) is 2.02. The molecule has 1 aliphatic carbocycles. The number of nitrogens with zero attached hydrogens (tertiary/aromatic N) is 2. The highest BCUT2D eigenvalue weighted by atomic mass is 16.6. The first-order valence-electron chi connectivity index (χ1n) is 6.87. The lowest BCUT2D eigenvalue weighted by Crippen LogP contribution is -2.32. The molecular weight excluding hydrogens is 242 g/mol. The van der Waals surface area contributed by atoms with E-state index in [1.54, 1.807) is 0 Å². The minimum atomic E-state index is -0.467. The molecule has 0 saturated heterocycles. The Hall–Kier alpha value is -1.52. The van der Waals surface area contributed by atoms with Crippen LogP contribution in [0.4, 0.5) is 4.79 Å². The number of amides is 1. The predicted octanol–water partition coefficient (Wildman–Crippen LogP) is 2.32. The van der Waals surface area contributed by atoms with Gasteiger partial charge in [0, 0.05) is 12.7 Å². The molecule has 1 heterocycles. The van der Waals surface area contributed by atoms with Crippen molar-refractivity contribution in [3.05, 3.63) is 17.2 Å². The Bertz CT molecular complexity index is 472. The quantitative estimate of drug-likeness (QED) is 0.893. The fourth-order valence-corrected chi connectivity index (χ4v) is 2.37. The van der Waals surface area contributed by atoms with Crippen LogP contribution in [0.1, 0.15) is 50.8 Å². The third-order valence-corrected chi connectivity index (χ3v) is 3.26. The Balaban J connectivity index is 1.97. The minimum Gasteiger partial charge on any atom is -0.444 e. The number of aromatic nitrogens is 2. The number of fused-ring (bicyclic) bond motifs is 1. The Kier molecular flexibility index (Phi) is 3.83. The van der Waals surface area contributed by atoms with Crippen LogP contribution in [0.25, 0.3) is 0 Å². The van der Waals surface area contributed by atoms with E-state index in [0.717, 1.165) is 18.7 Å². The number of ether oxygens (including phenoxy) is 1. The number of imidazole rings is 1. The molecule has 5 heteroatoms. The van der Waals surface area contributed by atoms with Gasteiger partial charge < -0.3 is 14.6 Å². The number of carbonyl (C=O) groups excluding carboxylic acids is 1. The molecule has 0 bridgehead atoms. The molecule has 1 N–H and O–H groups in total. The number of nitrogens with one attached hydrogen (secondary N) is 1. The molecular formula is C14H23N3O2. The van der Waals surface area contributed by atoms with E-state index in [1.807, 2.05) is 27.8 Å². The van der Waals surface area contributed by atoms with E-state index in [1.165, 1.54) is 24.2 Å². The van der Waals surface area contributed by atoms with Crippen molar-refractivity contribution in [3.8, 4) is 0 Å². The van der Waals surface area contributed by atoms with E-state index in [9.17, 15) is 4.79 Å². The summed E-state index contributed by atoms with van der Waals surface area (Å²) in [4.78, 5) is 16.2. The fourth-order valence-electron chi connectivity index (χ4n) is 2.37. The summed E-state index contributed by atoms with van der Waals surface area (Å²) in [5, 5.41) is 2.76. The lowest BCUT2D eigenvalue weighted by Gasteiger charge is -2.19. The molecule has 1 aliphatic rings. The number of carbonyl (C=O) groups is 1. The van der Waals surface area contributed by atoms with Crippen LogP contribution in [0, 0.1) is 0 Å². The van der Waals surface area contributed by atoms with Crippen LogP contribution in [0.5, 0.6) is 0 Å². The normalized spacial score (nSPS) is 14.9. The van der Waals surface area contributed by atoms with Crippen LogP contribution in [0.2, 0.25) is 0 Å². The molecule has 0 spiro atoms. The SMILES string of the molecule is Cn1c(CNC(=O)OC(C)(C)C)nc2c1CCCC2. The van der Waals surface area contributed by atoms with Crippen molar-refractivity contribution in [2.45, 2.75) is 58.6 Å². The first-order chi connectivity index (χ1) is 8.87. The molecule has 1 aromatic heterocycles. The third-order valence-electron chi connectivity index (χ3n) is 3.26. The van der Waals surface area contributed by atoms with Crippen LogP contribution in [-0.4, -0.2) is 21.2 Å².